The fourth-order valence-electron chi connectivity index (χ4n) is 2.66. The van der Waals surface area contributed by atoms with Crippen molar-refractivity contribution in [2.24, 2.45) is 0 Å². The normalized spacial score (nSPS) is 10.8. The average molecular weight is 414 g/mol. The summed E-state index contributed by atoms with van der Waals surface area (Å²) in [7, 11) is 0. The molecule has 140 valence electrons. The van der Waals surface area contributed by atoms with Crippen molar-refractivity contribution in [2.75, 3.05) is 5.32 Å². The summed E-state index contributed by atoms with van der Waals surface area (Å²) in [5.74, 6) is 0.671. The van der Waals surface area contributed by atoms with Crippen molar-refractivity contribution in [3.63, 3.8) is 0 Å². The standard InChI is InChI=1S/C20H13Cl2N3O3/c1-11-4-5-13(21)10-16(11)18(26)23-15-8-12(7-14(22)9-15)19-24-25-20(28-19)17-3-2-6-27-17/h2-10H,1H3,(H,23,26). The summed E-state index contributed by atoms with van der Waals surface area (Å²) in [5, 5.41) is 11.7. The van der Waals surface area contributed by atoms with Crippen LogP contribution in [0.15, 0.2) is 63.6 Å². The second-order valence-electron chi connectivity index (χ2n) is 6.03. The Kier molecular flexibility index (Phi) is 4.90. The van der Waals surface area contributed by atoms with Crippen molar-refractivity contribution < 1.29 is 13.6 Å². The Labute approximate surface area is 170 Å². The molecule has 0 aliphatic carbocycles. The number of nitrogens with one attached hydrogen (secondary N) is 1. The minimum absolute atomic E-state index is 0.250. The molecule has 6 nitrogen and oxygen atoms in total. The second-order valence-corrected chi connectivity index (χ2v) is 6.90. The number of aryl methyl sites for hydroxylation is 1. The van der Waals surface area contributed by atoms with Crippen LogP contribution >= 0.6 is 23.2 Å². The third-order valence-electron chi connectivity index (χ3n) is 4.00. The minimum Gasteiger partial charge on any atom is -0.459 e. The number of amides is 1. The van der Waals surface area contributed by atoms with Crippen LogP contribution in [0.1, 0.15) is 15.9 Å². The second kappa shape index (κ2) is 7.50. The maximum absolute atomic E-state index is 12.6. The van der Waals surface area contributed by atoms with E-state index < -0.39 is 0 Å². The zero-order chi connectivity index (χ0) is 19.7. The van der Waals surface area contributed by atoms with Gasteiger partial charge in [-0.3, -0.25) is 4.79 Å². The summed E-state index contributed by atoms with van der Waals surface area (Å²) < 4.78 is 10.9. The Morgan fingerprint density at radius 1 is 1.00 bits per heavy atom. The molecule has 0 aliphatic rings. The van der Waals surface area contributed by atoms with E-state index in [1.54, 1.807) is 48.5 Å². The molecule has 2 aromatic carbocycles. The van der Waals surface area contributed by atoms with E-state index in [0.29, 0.717) is 32.6 Å². The SMILES string of the molecule is Cc1ccc(Cl)cc1C(=O)Nc1cc(Cl)cc(-c2nnc(-c3ccco3)o2)c1. The summed E-state index contributed by atoms with van der Waals surface area (Å²) in [6, 6.07) is 13.6. The molecule has 0 unspecified atom stereocenters. The van der Waals surface area contributed by atoms with E-state index >= 15 is 0 Å². The number of rotatable bonds is 4. The molecule has 0 saturated carbocycles. The zero-order valence-corrected chi connectivity index (χ0v) is 16.1. The molecule has 0 spiro atoms. The third-order valence-corrected chi connectivity index (χ3v) is 4.46. The monoisotopic (exact) mass is 413 g/mol. The highest BCUT2D eigenvalue weighted by atomic mass is 35.5. The molecule has 2 heterocycles. The first kappa shape index (κ1) is 18.3. The van der Waals surface area contributed by atoms with E-state index in [-0.39, 0.29) is 17.7 Å². The maximum Gasteiger partial charge on any atom is 0.283 e. The van der Waals surface area contributed by atoms with Crippen LogP contribution in [0, 0.1) is 6.92 Å². The molecule has 8 heteroatoms. The van der Waals surface area contributed by atoms with Gasteiger partial charge in [0.05, 0.1) is 6.26 Å². The van der Waals surface area contributed by atoms with Crippen LogP contribution in [0.4, 0.5) is 5.69 Å². The summed E-state index contributed by atoms with van der Waals surface area (Å²) >= 11 is 12.2. The van der Waals surface area contributed by atoms with Crippen LogP contribution < -0.4 is 5.32 Å². The molecule has 4 aromatic rings. The Hall–Kier alpha value is -3.09. The molecule has 0 aliphatic heterocycles. The number of anilines is 1. The Morgan fingerprint density at radius 2 is 1.82 bits per heavy atom. The molecule has 0 atom stereocenters. The predicted molar refractivity (Wildman–Crippen MR) is 107 cm³/mol. The highest BCUT2D eigenvalue weighted by molar-refractivity contribution is 6.31. The third kappa shape index (κ3) is 3.78. The van der Waals surface area contributed by atoms with Gasteiger partial charge < -0.3 is 14.2 Å². The van der Waals surface area contributed by atoms with Crippen molar-refractivity contribution in [3.8, 4) is 23.1 Å². The van der Waals surface area contributed by atoms with E-state index in [1.807, 2.05) is 6.92 Å². The van der Waals surface area contributed by atoms with Crippen molar-refractivity contribution >= 4 is 34.8 Å². The summed E-state index contributed by atoms with van der Waals surface area (Å²) in [5.41, 5.74) is 2.34. The summed E-state index contributed by atoms with van der Waals surface area (Å²) in [4.78, 5) is 12.6. The largest absolute Gasteiger partial charge is 0.459 e. The quantitative estimate of drug-likeness (QED) is 0.452. The Morgan fingerprint density at radius 3 is 2.61 bits per heavy atom. The van der Waals surface area contributed by atoms with Gasteiger partial charge in [-0.15, -0.1) is 10.2 Å². The predicted octanol–water partition coefficient (Wildman–Crippen LogP) is 5.86. The summed E-state index contributed by atoms with van der Waals surface area (Å²) in [6.45, 7) is 1.84. The summed E-state index contributed by atoms with van der Waals surface area (Å²) in [6.07, 6.45) is 1.52. The van der Waals surface area contributed by atoms with Gasteiger partial charge in [0.1, 0.15) is 0 Å². The van der Waals surface area contributed by atoms with Gasteiger partial charge in [0, 0.05) is 26.9 Å². The van der Waals surface area contributed by atoms with Crippen molar-refractivity contribution in [1.82, 2.24) is 10.2 Å². The van der Waals surface area contributed by atoms with Gasteiger partial charge in [-0.05, 0) is 55.0 Å². The molecule has 0 bridgehead atoms. The van der Waals surface area contributed by atoms with Gasteiger partial charge in [0.25, 0.3) is 11.8 Å². The van der Waals surface area contributed by atoms with Crippen LogP contribution in [0.5, 0.6) is 0 Å². The molecule has 2 aromatic heterocycles. The maximum atomic E-state index is 12.6. The lowest BCUT2D eigenvalue weighted by Crippen LogP contribution is -2.13. The number of carbonyl (C=O) groups is 1. The van der Waals surface area contributed by atoms with Gasteiger partial charge in [0.15, 0.2) is 5.76 Å². The smallest absolute Gasteiger partial charge is 0.283 e. The fourth-order valence-corrected chi connectivity index (χ4v) is 3.07. The van der Waals surface area contributed by atoms with Crippen molar-refractivity contribution in [1.29, 1.82) is 0 Å². The molecule has 0 radical (unpaired) electrons. The van der Waals surface area contributed by atoms with Crippen molar-refractivity contribution in [3.05, 3.63) is 76.0 Å². The Bertz CT molecular complexity index is 1150. The Balaban J connectivity index is 1.62. The number of carbonyl (C=O) groups excluding carboxylic acids is 1. The van der Waals surface area contributed by atoms with Crippen LogP contribution in [-0.2, 0) is 0 Å². The lowest BCUT2D eigenvalue weighted by Gasteiger charge is -2.09. The van der Waals surface area contributed by atoms with Gasteiger partial charge in [0.2, 0.25) is 5.89 Å². The lowest BCUT2D eigenvalue weighted by molar-refractivity contribution is 0.102. The minimum atomic E-state index is -0.296. The highest BCUT2D eigenvalue weighted by Crippen LogP contribution is 2.29. The van der Waals surface area contributed by atoms with Gasteiger partial charge in [-0.25, -0.2) is 0 Å². The molecular formula is C20H13Cl2N3O3. The van der Waals surface area contributed by atoms with E-state index in [0.717, 1.165) is 5.56 Å². The highest BCUT2D eigenvalue weighted by Gasteiger charge is 2.15. The van der Waals surface area contributed by atoms with Crippen LogP contribution in [0.2, 0.25) is 10.0 Å². The number of benzene rings is 2. The van der Waals surface area contributed by atoms with Gasteiger partial charge >= 0.3 is 0 Å². The number of aromatic nitrogens is 2. The molecule has 0 saturated heterocycles. The average Bonchev–Trinajstić information content (AvgIpc) is 3.34. The van der Waals surface area contributed by atoms with Gasteiger partial charge in [-0.2, -0.15) is 0 Å². The first-order valence-corrected chi connectivity index (χ1v) is 9.01. The number of furan rings is 1. The van der Waals surface area contributed by atoms with Crippen LogP contribution in [0.3, 0.4) is 0 Å². The molecule has 28 heavy (non-hydrogen) atoms. The lowest BCUT2D eigenvalue weighted by atomic mass is 10.1. The zero-order valence-electron chi connectivity index (χ0n) is 14.6. The van der Waals surface area contributed by atoms with E-state index in [2.05, 4.69) is 15.5 Å². The number of hydrogen-bond acceptors (Lipinski definition) is 5. The fraction of sp³-hybridized carbons (Fsp3) is 0.0500. The molecule has 0 fully saturated rings. The topological polar surface area (TPSA) is 81.2 Å². The van der Waals surface area contributed by atoms with Crippen LogP contribution in [0.25, 0.3) is 23.1 Å². The van der Waals surface area contributed by atoms with E-state index in [1.165, 1.54) is 6.26 Å². The van der Waals surface area contributed by atoms with E-state index in [4.69, 9.17) is 32.0 Å². The molecule has 1 N–H and O–H groups in total. The first-order valence-electron chi connectivity index (χ1n) is 8.25. The number of nitrogens with zero attached hydrogens (tertiary/aromatic N) is 2. The molecule has 1 amide bonds. The van der Waals surface area contributed by atoms with Crippen LogP contribution in [-0.4, -0.2) is 16.1 Å². The molecule has 4 rings (SSSR count). The first-order chi connectivity index (χ1) is 13.5. The number of halogens is 2. The number of hydrogen-bond donors (Lipinski definition) is 1. The molecular weight excluding hydrogens is 401 g/mol. The van der Waals surface area contributed by atoms with Gasteiger partial charge in [-0.1, -0.05) is 29.3 Å². The van der Waals surface area contributed by atoms with E-state index in [9.17, 15) is 4.79 Å². The van der Waals surface area contributed by atoms with Crippen molar-refractivity contribution in [2.45, 2.75) is 6.92 Å².